The summed E-state index contributed by atoms with van der Waals surface area (Å²) in [5.74, 6) is -3.70. The Bertz CT molecular complexity index is 1060. The van der Waals surface area contributed by atoms with Gasteiger partial charge in [-0.3, -0.25) is 23.9 Å². The molecule has 2 saturated heterocycles. The number of hydrogen-bond acceptors (Lipinski definition) is 6. The highest BCUT2D eigenvalue weighted by atomic mass is 19.4. The Balaban J connectivity index is 1.53. The summed E-state index contributed by atoms with van der Waals surface area (Å²) in [7, 11) is 0. The van der Waals surface area contributed by atoms with Crippen molar-refractivity contribution in [1.82, 2.24) is 15.5 Å². The van der Waals surface area contributed by atoms with E-state index in [0.717, 1.165) is 0 Å². The number of carbonyl (C=O) groups excluding carboxylic acids is 4. The van der Waals surface area contributed by atoms with E-state index in [1.54, 1.807) is 30.3 Å². The number of Topliss-reactive ketones (excluding diaryl/α,β-unsaturated/α-hetero) is 1. The Morgan fingerprint density at radius 3 is 2.51 bits per heavy atom. The molecule has 3 N–H and O–H groups in total. The zero-order valence-corrected chi connectivity index (χ0v) is 20.5. The Hall–Kier alpha value is -2.99. The van der Waals surface area contributed by atoms with Crippen LogP contribution in [0.5, 0.6) is 0 Å². The van der Waals surface area contributed by atoms with Crippen LogP contribution in [0.15, 0.2) is 30.3 Å². The first-order valence-electron chi connectivity index (χ1n) is 12.2. The van der Waals surface area contributed by atoms with Gasteiger partial charge < -0.3 is 20.6 Å². The third-order valence-corrected chi connectivity index (χ3v) is 7.88. The quantitative estimate of drug-likeness (QED) is 0.447. The van der Waals surface area contributed by atoms with Crippen LogP contribution in [0.25, 0.3) is 0 Å². The first-order chi connectivity index (χ1) is 17.3. The van der Waals surface area contributed by atoms with Crippen LogP contribution in [-0.2, 0) is 23.9 Å². The monoisotopic (exact) mass is 525 g/mol. The smallest absolute Gasteiger partial charge is 0.378 e. The lowest BCUT2D eigenvalue weighted by Crippen LogP contribution is -2.55. The van der Waals surface area contributed by atoms with E-state index in [1.165, 1.54) is 4.90 Å². The number of hydrogen-bond donors (Lipinski definition) is 3. The molecule has 1 aromatic carbocycles. The van der Waals surface area contributed by atoms with Gasteiger partial charge in [0.05, 0.1) is 6.04 Å². The second kappa shape index (κ2) is 10.1. The van der Waals surface area contributed by atoms with Gasteiger partial charge in [-0.2, -0.15) is 0 Å². The number of alkyl halides is 3. The molecule has 202 valence electrons. The van der Waals surface area contributed by atoms with Gasteiger partial charge in [0.1, 0.15) is 12.6 Å². The Kier molecular flexibility index (Phi) is 7.35. The molecule has 9 nitrogen and oxygen atoms in total. The molecule has 12 heteroatoms. The van der Waals surface area contributed by atoms with Crippen molar-refractivity contribution in [3.05, 3.63) is 35.9 Å². The lowest BCUT2D eigenvalue weighted by molar-refractivity contribution is -0.321. The topological polar surface area (TPSA) is 125 Å². The number of aliphatic hydroxyl groups is 1. The summed E-state index contributed by atoms with van der Waals surface area (Å²) in [6.07, 6.45) is -6.37. The van der Waals surface area contributed by atoms with Crippen molar-refractivity contribution in [3.63, 3.8) is 0 Å². The average Bonchev–Trinajstić information content (AvgIpc) is 3.20. The van der Waals surface area contributed by atoms with Gasteiger partial charge in [-0.25, -0.2) is 0 Å². The van der Waals surface area contributed by atoms with Crippen LogP contribution >= 0.6 is 0 Å². The van der Waals surface area contributed by atoms with Gasteiger partial charge in [0.15, 0.2) is 11.9 Å². The van der Waals surface area contributed by atoms with Gasteiger partial charge >= 0.3 is 6.36 Å². The molecule has 0 radical (unpaired) electrons. The molecule has 37 heavy (non-hydrogen) atoms. The maximum absolute atomic E-state index is 13.5. The standard InChI is InChI=1S/C25H30F3N3O6/c1-24(2)15-11-31(23(36)20(33)13-6-4-3-5-7-13)19(18(15)24)22(35)30-16(10-14-8-9-29-21(14)34)17(32)12-37-25(26,27)28/h3-7,14-16,18-20,33H,8-12H2,1-2H3,(H,29,34)(H,30,35)/t14?,15-,16?,18-,19?,20-/m0/s1. The summed E-state index contributed by atoms with van der Waals surface area (Å²) < 4.78 is 41.3. The number of carbonyl (C=O) groups is 4. The Morgan fingerprint density at radius 1 is 1.24 bits per heavy atom. The number of ketones is 1. The van der Waals surface area contributed by atoms with E-state index in [0.29, 0.717) is 18.5 Å². The zero-order chi connectivity index (χ0) is 27.1. The average molecular weight is 526 g/mol. The number of nitrogens with zero attached hydrogens (tertiary/aromatic N) is 1. The molecule has 1 aliphatic carbocycles. The molecule has 3 unspecified atom stereocenters. The van der Waals surface area contributed by atoms with Gasteiger partial charge in [-0.15, -0.1) is 13.2 Å². The van der Waals surface area contributed by atoms with Crippen molar-refractivity contribution in [3.8, 4) is 0 Å². The zero-order valence-electron chi connectivity index (χ0n) is 20.5. The fourth-order valence-electron chi connectivity index (χ4n) is 5.68. The van der Waals surface area contributed by atoms with Crippen LogP contribution in [0.2, 0.25) is 0 Å². The number of rotatable bonds is 9. The molecular weight excluding hydrogens is 495 g/mol. The lowest BCUT2D eigenvalue weighted by Gasteiger charge is -2.32. The van der Waals surface area contributed by atoms with Crippen LogP contribution in [-0.4, -0.2) is 71.7 Å². The number of benzene rings is 1. The Labute approximate surface area is 211 Å². The number of nitrogens with one attached hydrogen (secondary N) is 2. The van der Waals surface area contributed by atoms with Gasteiger partial charge in [0.25, 0.3) is 5.91 Å². The molecule has 3 aliphatic rings. The summed E-state index contributed by atoms with van der Waals surface area (Å²) in [4.78, 5) is 52.7. The van der Waals surface area contributed by atoms with E-state index in [1.807, 2.05) is 13.8 Å². The fourth-order valence-corrected chi connectivity index (χ4v) is 5.68. The molecule has 1 saturated carbocycles. The number of piperidine rings is 1. The molecule has 3 fully saturated rings. The molecule has 3 amide bonds. The minimum atomic E-state index is -5.04. The van der Waals surface area contributed by atoms with E-state index in [2.05, 4.69) is 15.4 Å². The summed E-state index contributed by atoms with van der Waals surface area (Å²) in [6.45, 7) is 3.15. The number of ether oxygens (including phenoxy) is 1. The SMILES string of the molecule is CC1(C)[C@@H]2C(C(=O)NC(CC3CCNC3=O)C(=O)COC(F)(F)F)N(C(=O)[C@@H](O)c3ccccc3)C[C@@H]21. The van der Waals surface area contributed by atoms with Crippen molar-refractivity contribution in [1.29, 1.82) is 0 Å². The minimum absolute atomic E-state index is 0.0153. The predicted octanol–water partition coefficient (Wildman–Crippen LogP) is 1.32. The van der Waals surface area contributed by atoms with Gasteiger partial charge in [0.2, 0.25) is 11.8 Å². The van der Waals surface area contributed by atoms with Crippen molar-refractivity contribution in [2.75, 3.05) is 19.7 Å². The fraction of sp³-hybridized carbons (Fsp3) is 0.600. The van der Waals surface area contributed by atoms with E-state index in [9.17, 15) is 37.5 Å². The second-order valence-corrected chi connectivity index (χ2v) is 10.5. The van der Waals surface area contributed by atoms with Crippen molar-refractivity contribution in [2.45, 2.75) is 51.2 Å². The van der Waals surface area contributed by atoms with Crippen molar-refractivity contribution in [2.24, 2.45) is 23.2 Å². The lowest BCUT2D eigenvalue weighted by atomic mass is 9.94. The molecule has 0 bridgehead atoms. The van der Waals surface area contributed by atoms with E-state index in [4.69, 9.17) is 0 Å². The number of fused-ring (bicyclic) bond motifs is 1. The summed E-state index contributed by atoms with van der Waals surface area (Å²) in [6, 6.07) is 5.79. The number of aliphatic hydroxyl groups excluding tert-OH is 1. The maximum Gasteiger partial charge on any atom is 0.522 e. The molecule has 4 rings (SSSR count). The van der Waals surface area contributed by atoms with Gasteiger partial charge in [-0.1, -0.05) is 44.2 Å². The molecule has 1 aromatic rings. The van der Waals surface area contributed by atoms with Crippen LogP contribution in [0.3, 0.4) is 0 Å². The second-order valence-electron chi connectivity index (χ2n) is 10.5. The number of amides is 3. The summed E-state index contributed by atoms with van der Waals surface area (Å²) >= 11 is 0. The third kappa shape index (κ3) is 5.64. The summed E-state index contributed by atoms with van der Waals surface area (Å²) in [5.41, 5.74) is 0.0804. The summed E-state index contributed by atoms with van der Waals surface area (Å²) in [5, 5.41) is 15.8. The molecule has 0 spiro atoms. The van der Waals surface area contributed by atoms with Gasteiger partial charge in [0, 0.05) is 19.0 Å². The van der Waals surface area contributed by atoms with Crippen LogP contribution in [0.4, 0.5) is 13.2 Å². The highest BCUT2D eigenvalue weighted by Crippen LogP contribution is 2.65. The van der Waals surface area contributed by atoms with Crippen molar-refractivity contribution >= 4 is 23.5 Å². The van der Waals surface area contributed by atoms with Crippen molar-refractivity contribution < 1.29 is 42.2 Å². The molecule has 0 aromatic heterocycles. The molecule has 2 heterocycles. The predicted molar refractivity (Wildman–Crippen MR) is 122 cm³/mol. The van der Waals surface area contributed by atoms with Crippen LogP contribution < -0.4 is 10.6 Å². The minimum Gasteiger partial charge on any atom is -0.378 e. The molecule has 2 aliphatic heterocycles. The highest BCUT2D eigenvalue weighted by molar-refractivity contribution is 5.95. The van der Waals surface area contributed by atoms with E-state index >= 15 is 0 Å². The number of likely N-dealkylation sites (tertiary alicyclic amines) is 1. The third-order valence-electron chi connectivity index (χ3n) is 7.88. The molecule has 6 atom stereocenters. The first-order valence-corrected chi connectivity index (χ1v) is 12.2. The van der Waals surface area contributed by atoms with Gasteiger partial charge in [-0.05, 0) is 35.7 Å². The number of halogens is 3. The van der Waals surface area contributed by atoms with Crippen LogP contribution in [0, 0.1) is 23.2 Å². The van der Waals surface area contributed by atoms with E-state index in [-0.39, 0.29) is 36.1 Å². The van der Waals surface area contributed by atoms with E-state index < -0.39 is 54.7 Å². The highest BCUT2D eigenvalue weighted by Gasteiger charge is 2.69. The largest absolute Gasteiger partial charge is 0.522 e. The molecular formula is C25H30F3N3O6. The first kappa shape index (κ1) is 27.1. The van der Waals surface area contributed by atoms with Crippen LogP contribution in [0.1, 0.15) is 38.4 Å². The Morgan fingerprint density at radius 2 is 1.92 bits per heavy atom. The maximum atomic E-state index is 13.5. The normalized spacial score (nSPS) is 27.7.